The lowest BCUT2D eigenvalue weighted by atomic mass is 9.79. The zero-order chi connectivity index (χ0) is 11.4. The van der Waals surface area contributed by atoms with Gasteiger partial charge in [-0.05, 0) is 51.2 Å². The molecule has 0 bridgehead atoms. The fraction of sp³-hybridized carbons (Fsp3) is 1.00. The van der Waals surface area contributed by atoms with E-state index in [1.807, 2.05) is 0 Å². The quantitative estimate of drug-likeness (QED) is 0.753. The van der Waals surface area contributed by atoms with Crippen LogP contribution in [-0.4, -0.2) is 49.3 Å². The highest BCUT2D eigenvalue weighted by Gasteiger charge is 2.26. The first kappa shape index (κ1) is 12.3. The van der Waals surface area contributed by atoms with Crippen LogP contribution in [0.1, 0.15) is 32.1 Å². The first-order valence-electron chi connectivity index (χ1n) is 6.82. The summed E-state index contributed by atoms with van der Waals surface area (Å²) in [5.74, 6) is 1.27. The molecule has 94 valence electrons. The topological polar surface area (TPSA) is 35.5 Å². The Hall–Kier alpha value is -0.120. The summed E-state index contributed by atoms with van der Waals surface area (Å²) in [6, 6.07) is 0.686. The van der Waals surface area contributed by atoms with Gasteiger partial charge in [-0.25, -0.2) is 0 Å². The Morgan fingerprint density at radius 1 is 1.19 bits per heavy atom. The van der Waals surface area contributed by atoms with Gasteiger partial charge in [0.1, 0.15) is 0 Å². The average molecular weight is 226 g/mol. The Morgan fingerprint density at radius 3 is 2.56 bits per heavy atom. The van der Waals surface area contributed by atoms with Gasteiger partial charge in [0.05, 0.1) is 0 Å². The number of nitrogens with zero attached hydrogens (tertiary/aromatic N) is 1. The van der Waals surface area contributed by atoms with Gasteiger partial charge in [0, 0.05) is 19.2 Å². The van der Waals surface area contributed by atoms with E-state index in [1.54, 1.807) is 0 Å². The molecule has 2 fully saturated rings. The standard InChI is InChI=1S/C13H26N2O/c1-15-7-6-13(9-15)14-8-11-4-2-3-5-12(11)10-16/h11-14,16H,2-10H2,1H3. The summed E-state index contributed by atoms with van der Waals surface area (Å²) >= 11 is 0. The summed E-state index contributed by atoms with van der Waals surface area (Å²) < 4.78 is 0. The van der Waals surface area contributed by atoms with Gasteiger partial charge in [0.2, 0.25) is 0 Å². The summed E-state index contributed by atoms with van der Waals surface area (Å²) in [6.07, 6.45) is 6.49. The van der Waals surface area contributed by atoms with Gasteiger partial charge < -0.3 is 15.3 Å². The van der Waals surface area contributed by atoms with E-state index in [4.69, 9.17) is 0 Å². The molecule has 2 aliphatic rings. The highest BCUT2D eigenvalue weighted by atomic mass is 16.3. The van der Waals surface area contributed by atoms with Crippen molar-refractivity contribution < 1.29 is 5.11 Å². The molecule has 3 atom stereocenters. The van der Waals surface area contributed by atoms with E-state index < -0.39 is 0 Å². The van der Waals surface area contributed by atoms with E-state index in [0.29, 0.717) is 24.5 Å². The minimum absolute atomic E-state index is 0.386. The second-order valence-electron chi connectivity index (χ2n) is 5.64. The lowest BCUT2D eigenvalue weighted by Gasteiger charge is -2.31. The number of aliphatic hydroxyl groups excluding tert-OH is 1. The van der Waals surface area contributed by atoms with E-state index >= 15 is 0 Å². The fourth-order valence-corrected chi connectivity index (χ4v) is 3.21. The van der Waals surface area contributed by atoms with Gasteiger partial charge in [-0.1, -0.05) is 12.8 Å². The summed E-state index contributed by atoms with van der Waals surface area (Å²) in [4.78, 5) is 2.39. The van der Waals surface area contributed by atoms with Crippen molar-refractivity contribution in [3.05, 3.63) is 0 Å². The van der Waals surface area contributed by atoms with Crippen LogP contribution in [0.4, 0.5) is 0 Å². The Labute approximate surface area is 99.2 Å². The lowest BCUT2D eigenvalue weighted by Crippen LogP contribution is -2.38. The van der Waals surface area contributed by atoms with E-state index in [0.717, 1.165) is 6.54 Å². The van der Waals surface area contributed by atoms with E-state index in [9.17, 15) is 5.11 Å². The molecule has 0 spiro atoms. The normalized spacial score (nSPS) is 36.8. The first-order chi connectivity index (χ1) is 7.79. The van der Waals surface area contributed by atoms with Crippen molar-refractivity contribution in [3.63, 3.8) is 0 Å². The number of hydrogen-bond acceptors (Lipinski definition) is 3. The molecule has 0 amide bonds. The monoisotopic (exact) mass is 226 g/mol. The van der Waals surface area contributed by atoms with Crippen LogP contribution in [0.2, 0.25) is 0 Å². The molecule has 1 saturated heterocycles. The zero-order valence-electron chi connectivity index (χ0n) is 10.5. The van der Waals surface area contributed by atoms with Crippen LogP contribution < -0.4 is 5.32 Å². The maximum Gasteiger partial charge on any atom is 0.0462 e. The molecule has 2 rings (SSSR count). The number of aliphatic hydroxyl groups is 1. The predicted octanol–water partition coefficient (Wildman–Crippen LogP) is 1.08. The largest absolute Gasteiger partial charge is 0.396 e. The average Bonchev–Trinajstić information content (AvgIpc) is 2.73. The number of likely N-dealkylation sites (tertiary alicyclic amines) is 1. The van der Waals surface area contributed by atoms with Crippen molar-refractivity contribution in [3.8, 4) is 0 Å². The summed E-state index contributed by atoms with van der Waals surface area (Å²) in [6.45, 7) is 3.92. The molecule has 3 nitrogen and oxygen atoms in total. The van der Waals surface area contributed by atoms with Crippen LogP contribution in [-0.2, 0) is 0 Å². The molecule has 1 aliphatic carbocycles. The fourth-order valence-electron chi connectivity index (χ4n) is 3.21. The summed E-state index contributed by atoms with van der Waals surface area (Å²) in [5.41, 5.74) is 0. The minimum atomic E-state index is 0.386. The molecule has 0 aromatic rings. The van der Waals surface area contributed by atoms with Gasteiger partial charge in [0.15, 0.2) is 0 Å². The smallest absolute Gasteiger partial charge is 0.0462 e. The molecule has 1 aliphatic heterocycles. The van der Waals surface area contributed by atoms with Crippen molar-refractivity contribution in [2.45, 2.75) is 38.1 Å². The van der Waals surface area contributed by atoms with Crippen LogP contribution in [0, 0.1) is 11.8 Å². The highest BCUT2D eigenvalue weighted by Crippen LogP contribution is 2.29. The molecular weight excluding hydrogens is 200 g/mol. The molecule has 1 heterocycles. The third-order valence-corrected chi connectivity index (χ3v) is 4.36. The third-order valence-electron chi connectivity index (χ3n) is 4.36. The predicted molar refractivity (Wildman–Crippen MR) is 66.4 cm³/mol. The van der Waals surface area contributed by atoms with Crippen LogP contribution in [0.5, 0.6) is 0 Å². The first-order valence-corrected chi connectivity index (χ1v) is 6.82. The molecule has 3 heteroatoms. The van der Waals surface area contributed by atoms with Crippen molar-refractivity contribution >= 4 is 0 Å². The second-order valence-corrected chi connectivity index (χ2v) is 5.64. The second kappa shape index (κ2) is 5.99. The molecule has 0 aromatic heterocycles. The van der Waals surface area contributed by atoms with Crippen molar-refractivity contribution in [1.29, 1.82) is 0 Å². The summed E-state index contributed by atoms with van der Waals surface area (Å²) in [5, 5.41) is 13.1. The van der Waals surface area contributed by atoms with Crippen molar-refractivity contribution in [2.75, 3.05) is 33.3 Å². The van der Waals surface area contributed by atoms with Gasteiger partial charge in [-0.15, -0.1) is 0 Å². The van der Waals surface area contributed by atoms with Crippen LogP contribution >= 0.6 is 0 Å². The number of hydrogen-bond donors (Lipinski definition) is 2. The number of rotatable bonds is 4. The Kier molecular flexibility index (Phi) is 4.62. The van der Waals surface area contributed by atoms with Gasteiger partial charge in [0.25, 0.3) is 0 Å². The van der Waals surface area contributed by atoms with Gasteiger partial charge >= 0.3 is 0 Å². The van der Waals surface area contributed by atoms with Crippen molar-refractivity contribution in [2.24, 2.45) is 11.8 Å². The third kappa shape index (κ3) is 3.19. The molecular formula is C13H26N2O. The maximum absolute atomic E-state index is 9.36. The Balaban J connectivity index is 1.71. The van der Waals surface area contributed by atoms with E-state index in [-0.39, 0.29) is 0 Å². The Bertz CT molecular complexity index is 210. The molecule has 1 saturated carbocycles. The molecule has 3 unspecified atom stereocenters. The van der Waals surface area contributed by atoms with Gasteiger partial charge in [-0.3, -0.25) is 0 Å². The number of likely N-dealkylation sites (N-methyl/N-ethyl adjacent to an activating group) is 1. The number of nitrogens with one attached hydrogen (secondary N) is 1. The van der Waals surface area contributed by atoms with Crippen LogP contribution in [0.3, 0.4) is 0 Å². The highest BCUT2D eigenvalue weighted by molar-refractivity contribution is 4.82. The maximum atomic E-state index is 9.36. The molecule has 2 N–H and O–H groups in total. The summed E-state index contributed by atoms with van der Waals surface area (Å²) in [7, 11) is 2.19. The van der Waals surface area contributed by atoms with E-state index in [2.05, 4.69) is 17.3 Å². The zero-order valence-corrected chi connectivity index (χ0v) is 10.5. The van der Waals surface area contributed by atoms with Crippen LogP contribution in [0.25, 0.3) is 0 Å². The molecule has 0 radical (unpaired) electrons. The SMILES string of the molecule is CN1CCC(NCC2CCCCC2CO)C1. The van der Waals surface area contributed by atoms with Gasteiger partial charge in [-0.2, -0.15) is 0 Å². The Morgan fingerprint density at radius 2 is 1.94 bits per heavy atom. The lowest BCUT2D eigenvalue weighted by molar-refractivity contribution is 0.131. The molecule has 0 aromatic carbocycles. The minimum Gasteiger partial charge on any atom is -0.396 e. The van der Waals surface area contributed by atoms with Crippen molar-refractivity contribution in [1.82, 2.24) is 10.2 Å². The van der Waals surface area contributed by atoms with E-state index in [1.165, 1.54) is 45.2 Å². The van der Waals surface area contributed by atoms with Crippen LogP contribution in [0.15, 0.2) is 0 Å². The molecule has 16 heavy (non-hydrogen) atoms.